The van der Waals surface area contributed by atoms with Crippen LogP contribution in [0.4, 0.5) is 0 Å². The van der Waals surface area contributed by atoms with E-state index < -0.39 is 97.5 Å². The molecule has 3 N–H and O–H groups in total. The van der Waals surface area contributed by atoms with E-state index in [0.717, 1.165) is 103 Å². The largest absolute Gasteiger partial charge is 0.472 e. The van der Waals surface area contributed by atoms with Gasteiger partial charge in [-0.3, -0.25) is 37.3 Å². The highest BCUT2D eigenvalue weighted by Gasteiger charge is 2.30. The maximum Gasteiger partial charge on any atom is 0.472 e. The molecule has 0 amide bonds. The first kappa shape index (κ1) is 107. The van der Waals surface area contributed by atoms with Gasteiger partial charge in [-0.15, -0.1) is 0 Å². The molecule has 0 heterocycles. The van der Waals surface area contributed by atoms with E-state index in [1.165, 1.54) is 315 Å². The van der Waals surface area contributed by atoms with Crippen molar-refractivity contribution in [1.82, 2.24) is 0 Å². The quantitative estimate of drug-likeness (QED) is 0.0222. The fraction of sp³-hybridized carbons (Fsp3) is 0.956. The monoisotopic (exact) mass is 1590 g/mol. The molecule has 0 saturated carbocycles. The van der Waals surface area contributed by atoms with Crippen LogP contribution in [0.3, 0.4) is 0 Å². The first-order valence-electron chi connectivity index (χ1n) is 46.8. The van der Waals surface area contributed by atoms with Gasteiger partial charge in [0.25, 0.3) is 0 Å². The highest BCUT2D eigenvalue weighted by Crippen LogP contribution is 2.45. The summed E-state index contributed by atoms with van der Waals surface area (Å²) in [4.78, 5) is 73.2. The third-order valence-electron chi connectivity index (χ3n) is 21.4. The lowest BCUT2D eigenvalue weighted by molar-refractivity contribution is -0.161. The number of aliphatic hydroxyl groups excluding tert-OH is 1. The molecule has 0 fully saturated rings. The number of aliphatic hydroxyl groups is 1. The number of carbonyl (C=O) groups is 4. The molecule has 0 aromatic heterocycles. The van der Waals surface area contributed by atoms with E-state index in [-0.39, 0.29) is 25.7 Å². The van der Waals surface area contributed by atoms with E-state index in [1.54, 1.807) is 0 Å². The molecule has 0 saturated heterocycles. The Morgan fingerprint density at radius 2 is 0.367 bits per heavy atom. The van der Waals surface area contributed by atoms with Crippen molar-refractivity contribution in [1.29, 1.82) is 0 Å². The Balaban J connectivity index is 5.14. The number of unbranched alkanes of at least 4 members (excludes halogenated alkanes) is 65. The van der Waals surface area contributed by atoms with Crippen molar-refractivity contribution in [2.45, 2.75) is 515 Å². The molecule has 109 heavy (non-hydrogen) atoms. The number of hydrogen-bond donors (Lipinski definition) is 3. The molecule has 19 heteroatoms. The number of ether oxygens (including phenoxy) is 4. The molecular weight excluding hydrogens is 1410 g/mol. The highest BCUT2D eigenvalue weighted by molar-refractivity contribution is 7.47. The Morgan fingerprint density at radius 1 is 0.220 bits per heavy atom. The average molecular weight is 1590 g/mol. The second kappa shape index (κ2) is 84.0. The van der Waals surface area contributed by atoms with Crippen LogP contribution in [-0.4, -0.2) is 96.7 Å². The van der Waals surface area contributed by atoms with Gasteiger partial charge < -0.3 is 33.8 Å². The first-order chi connectivity index (χ1) is 53.2. The van der Waals surface area contributed by atoms with Crippen molar-refractivity contribution in [3.8, 4) is 0 Å². The van der Waals surface area contributed by atoms with Gasteiger partial charge in [0.1, 0.15) is 19.3 Å². The van der Waals surface area contributed by atoms with Crippen LogP contribution in [0.25, 0.3) is 0 Å². The summed E-state index contributed by atoms with van der Waals surface area (Å²) >= 11 is 0. The molecule has 0 aromatic rings. The molecule has 0 spiro atoms. The maximum absolute atomic E-state index is 13.2. The van der Waals surface area contributed by atoms with Crippen molar-refractivity contribution >= 4 is 39.5 Å². The molecule has 5 atom stereocenters. The SMILES string of the molecule is CCCCCCCCCCCCCCCCCCCCCCCCC(=O)O[C@H](COC(=O)CCCCCCCCCCCCCCCCCCCCCCC)COP(=O)(O)OC[C@@H](O)COP(=O)(O)OC[C@@H](COC(=O)CCCCCCCCC)OC(=O)CCCCCCCCCCCCCCCCCCCCC. The van der Waals surface area contributed by atoms with E-state index >= 15 is 0 Å². The summed E-state index contributed by atoms with van der Waals surface area (Å²) < 4.78 is 68.9. The molecular formula is C90H176O17P2. The van der Waals surface area contributed by atoms with Crippen molar-refractivity contribution in [3.63, 3.8) is 0 Å². The zero-order valence-corrected chi connectivity index (χ0v) is 73.3. The third kappa shape index (κ3) is 83.8. The lowest BCUT2D eigenvalue weighted by Gasteiger charge is -2.21. The zero-order chi connectivity index (χ0) is 79.6. The number of carbonyl (C=O) groups excluding carboxylic acids is 4. The lowest BCUT2D eigenvalue weighted by Crippen LogP contribution is -2.30. The first-order valence-corrected chi connectivity index (χ1v) is 49.8. The summed E-state index contributed by atoms with van der Waals surface area (Å²) in [6.07, 6.45) is 81.0. The Labute approximate surface area is 670 Å². The van der Waals surface area contributed by atoms with Crippen LogP contribution < -0.4 is 0 Å². The van der Waals surface area contributed by atoms with Crippen LogP contribution in [0.5, 0.6) is 0 Å². The van der Waals surface area contributed by atoms with Crippen LogP contribution in [0.1, 0.15) is 496 Å². The van der Waals surface area contributed by atoms with E-state index in [9.17, 15) is 43.2 Å². The number of hydrogen-bond acceptors (Lipinski definition) is 15. The minimum Gasteiger partial charge on any atom is -0.462 e. The summed E-state index contributed by atoms with van der Waals surface area (Å²) in [6.45, 7) is 5.03. The van der Waals surface area contributed by atoms with Gasteiger partial charge in [-0.05, 0) is 25.7 Å². The smallest absolute Gasteiger partial charge is 0.462 e. The van der Waals surface area contributed by atoms with Crippen LogP contribution >= 0.6 is 15.6 Å². The summed E-state index contributed by atoms with van der Waals surface area (Å²) in [5.74, 6) is -2.10. The van der Waals surface area contributed by atoms with Crippen molar-refractivity contribution in [3.05, 3.63) is 0 Å². The molecule has 0 aliphatic carbocycles. The highest BCUT2D eigenvalue weighted by atomic mass is 31.2. The topological polar surface area (TPSA) is 237 Å². The second-order valence-corrected chi connectivity index (χ2v) is 35.3. The molecule has 0 aliphatic heterocycles. The predicted molar refractivity (Wildman–Crippen MR) is 451 cm³/mol. The van der Waals surface area contributed by atoms with E-state index in [0.29, 0.717) is 25.7 Å². The molecule has 648 valence electrons. The minimum atomic E-state index is -4.97. The van der Waals surface area contributed by atoms with E-state index in [4.69, 9.17) is 37.0 Å². The van der Waals surface area contributed by atoms with E-state index in [1.807, 2.05) is 0 Å². The molecule has 0 aliphatic rings. The van der Waals surface area contributed by atoms with Crippen molar-refractivity contribution in [2.24, 2.45) is 0 Å². The molecule has 0 aromatic carbocycles. The average Bonchev–Trinajstić information content (AvgIpc) is 0.904. The number of phosphoric ester groups is 2. The Bertz CT molecular complexity index is 2050. The number of phosphoric acid groups is 2. The minimum absolute atomic E-state index is 0.109. The molecule has 2 unspecified atom stereocenters. The van der Waals surface area contributed by atoms with Gasteiger partial charge in [0.15, 0.2) is 12.2 Å². The summed E-state index contributed by atoms with van der Waals surface area (Å²) in [5.41, 5.74) is 0. The lowest BCUT2D eigenvalue weighted by atomic mass is 10.0. The summed E-state index contributed by atoms with van der Waals surface area (Å²) in [6, 6.07) is 0. The van der Waals surface area contributed by atoms with Gasteiger partial charge in [0, 0.05) is 25.7 Å². The molecule has 0 rings (SSSR count). The predicted octanol–water partition coefficient (Wildman–Crippen LogP) is 28.1. The van der Waals surface area contributed by atoms with E-state index in [2.05, 4.69) is 27.7 Å². The number of rotatable bonds is 91. The molecule has 0 radical (unpaired) electrons. The summed E-state index contributed by atoms with van der Waals surface area (Å²) in [7, 11) is -9.92. The van der Waals surface area contributed by atoms with Gasteiger partial charge in [0.2, 0.25) is 0 Å². The van der Waals surface area contributed by atoms with Gasteiger partial charge in [-0.1, -0.05) is 445 Å². The third-order valence-corrected chi connectivity index (χ3v) is 23.3. The van der Waals surface area contributed by atoms with Crippen LogP contribution in [0, 0.1) is 0 Å². The Kier molecular flexibility index (Phi) is 82.5. The second-order valence-electron chi connectivity index (χ2n) is 32.3. The van der Waals surface area contributed by atoms with Crippen LogP contribution in [0.15, 0.2) is 0 Å². The van der Waals surface area contributed by atoms with Gasteiger partial charge in [0.05, 0.1) is 26.4 Å². The van der Waals surface area contributed by atoms with Crippen LogP contribution in [-0.2, 0) is 65.4 Å². The maximum atomic E-state index is 13.2. The van der Waals surface area contributed by atoms with Crippen molar-refractivity contribution in [2.75, 3.05) is 39.6 Å². The normalized spacial score (nSPS) is 13.6. The Hall–Kier alpha value is -1.94. The van der Waals surface area contributed by atoms with Gasteiger partial charge in [-0.2, -0.15) is 0 Å². The summed E-state index contributed by atoms with van der Waals surface area (Å²) in [5, 5.41) is 10.7. The molecule has 0 bridgehead atoms. The van der Waals surface area contributed by atoms with Gasteiger partial charge in [-0.25, -0.2) is 9.13 Å². The molecule has 17 nitrogen and oxygen atoms in total. The fourth-order valence-electron chi connectivity index (χ4n) is 14.2. The number of esters is 4. The standard InChI is InChI=1S/C90H176O17P2/c1-5-9-13-17-21-24-27-30-33-36-39-41-43-46-49-52-55-58-61-65-69-73-77-90(95)107-86(81-101-88(93)75-71-67-63-59-56-53-50-47-45-42-40-37-34-31-28-25-22-18-14-10-6-2)83-105-109(98,99)103-79-84(91)78-102-108(96,97)104-82-85(80-100-87(92)74-70-66-62-20-16-12-8-4)106-89(94)76-72-68-64-60-57-54-51-48-44-38-35-32-29-26-23-19-15-11-7-3/h84-86,91H,5-83H2,1-4H3,(H,96,97)(H,98,99)/t84-,85+,86+/m0/s1. The van der Waals surface area contributed by atoms with Crippen LogP contribution in [0.2, 0.25) is 0 Å². The van der Waals surface area contributed by atoms with Crippen molar-refractivity contribution < 1.29 is 80.2 Å². The Morgan fingerprint density at radius 3 is 0.541 bits per heavy atom. The fourth-order valence-corrected chi connectivity index (χ4v) is 15.8. The zero-order valence-electron chi connectivity index (χ0n) is 71.5. The van der Waals surface area contributed by atoms with Gasteiger partial charge >= 0.3 is 39.5 Å².